The van der Waals surface area contributed by atoms with E-state index in [1.165, 1.54) is 0 Å². The molecule has 0 spiro atoms. The van der Waals surface area contributed by atoms with E-state index < -0.39 is 64.7 Å². The van der Waals surface area contributed by atoms with Crippen LogP contribution in [0.2, 0.25) is 0 Å². The first-order valence-corrected chi connectivity index (χ1v) is 13.0. The van der Waals surface area contributed by atoms with Crippen LogP contribution in [0.5, 0.6) is 0 Å². The number of nitrogens with zero attached hydrogens (tertiary/aromatic N) is 1. The average molecular weight is 508 g/mol. The Kier molecular flexibility index (Phi) is 7.77. The number of rotatable bonds is 8. The van der Waals surface area contributed by atoms with Crippen LogP contribution in [0.25, 0.3) is 0 Å². The minimum atomic E-state index is -5.37. The molecule has 19 heteroatoms. The van der Waals surface area contributed by atoms with E-state index in [1.54, 1.807) is 0 Å². The first-order valence-electron chi connectivity index (χ1n) is 7.49. The number of terminal acetylenes is 1. The number of hydrogen-bond donors (Lipinski definition) is 6. The summed E-state index contributed by atoms with van der Waals surface area (Å²) in [4.78, 5) is 51.3. The highest BCUT2D eigenvalue weighted by Gasteiger charge is 2.56. The number of phosphoric acid groups is 2. The van der Waals surface area contributed by atoms with Gasteiger partial charge in [0.25, 0.3) is 5.56 Å². The van der Waals surface area contributed by atoms with Crippen molar-refractivity contribution in [3.63, 3.8) is 0 Å². The van der Waals surface area contributed by atoms with Gasteiger partial charge in [-0.15, -0.1) is 6.42 Å². The van der Waals surface area contributed by atoms with Gasteiger partial charge in [0.05, 0.1) is 6.61 Å². The number of aliphatic hydroxyl groups excluding tert-OH is 1. The van der Waals surface area contributed by atoms with Gasteiger partial charge in [-0.25, -0.2) is 18.2 Å². The van der Waals surface area contributed by atoms with Gasteiger partial charge in [0.2, 0.25) is 0 Å². The highest BCUT2D eigenvalue weighted by atomic mass is 32.4. The summed E-state index contributed by atoms with van der Waals surface area (Å²) in [6.45, 7) is -0.673. The summed E-state index contributed by atoms with van der Waals surface area (Å²) in [5.41, 5.74) is -4.18. The lowest BCUT2D eigenvalue weighted by molar-refractivity contribution is -0.0752. The first kappa shape index (κ1) is 25.3. The molecule has 168 valence electrons. The maximum atomic E-state index is 11.9. The second-order valence-corrected chi connectivity index (χ2v) is 10.7. The summed E-state index contributed by atoms with van der Waals surface area (Å²) < 4.78 is 40.9. The van der Waals surface area contributed by atoms with E-state index >= 15 is 0 Å². The molecule has 30 heavy (non-hydrogen) atoms. The van der Waals surface area contributed by atoms with Gasteiger partial charge in [-0.2, -0.15) is 4.31 Å². The summed E-state index contributed by atoms with van der Waals surface area (Å²) in [5, 5.41) is 20.9. The molecule has 0 bridgehead atoms. The summed E-state index contributed by atoms with van der Waals surface area (Å²) in [6.07, 6.45) is 1.30. The number of nitrogens with one attached hydrogen (secondary N) is 1. The molecule has 0 amide bonds. The smallest absolute Gasteiger partial charge is 0.386 e. The molecule has 0 saturated carbocycles. The van der Waals surface area contributed by atoms with Crippen LogP contribution in [0.1, 0.15) is 6.23 Å². The number of aliphatic hydroxyl groups is 2. The largest absolute Gasteiger partial charge is 0.486 e. The molecule has 2 heterocycles. The second kappa shape index (κ2) is 9.23. The van der Waals surface area contributed by atoms with Crippen LogP contribution in [-0.2, 0) is 38.8 Å². The Bertz CT molecular complexity index is 1080. The van der Waals surface area contributed by atoms with Crippen LogP contribution in [0.3, 0.4) is 0 Å². The third-order valence-electron chi connectivity index (χ3n) is 3.58. The van der Waals surface area contributed by atoms with Gasteiger partial charge >= 0.3 is 21.3 Å². The van der Waals surface area contributed by atoms with E-state index in [0.29, 0.717) is 0 Å². The lowest BCUT2D eigenvalue weighted by Crippen LogP contribution is -2.48. The zero-order chi connectivity index (χ0) is 22.9. The van der Waals surface area contributed by atoms with Crippen molar-refractivity contribution in [2.45, 2.75) is 24.0 Å². The highest BCUT2D eigenvalue weighted by Crippen LogP contribution is 2.62. The number of ether oxygens (including phenoxy) is 1. The Balaban J connectivity index is 2.12. The molecule has 1 saturated heterocycles. The summed E-state index contributed by atoms with van der Waals surface area (Å²) in [7, 11) is -13.7. The zero-order valence-corrected chi connectivity index (χ0v) is 18.0. The number of aromatic nitrogens is 2. The van der Waals surface area contributed by atoms with Crippen molar-refractivity contribution in [3.8, 4) is 12.3 Å². The van der Waals surface area contributed by atoms with Crippen LogP contribution in [0, 0.1) is 12.3 Å². The number of aromatic amines is 1. The molecule has 2 unspecified atom stereocenters. The Hall–Kier alpha value is -1.01. The van der Waals surface area contributed by atoms with Crippen molar-refractivity contribution in [1.82, 2.24) is 9.55 Å². The molecule has 1 aromatic heterocycles. The van der Waals surface area contributed by atoms with Crippen LogP contribution in [0.15, 0.2) is 21.9 Å². The molecule has 15 nitrogen and oxygen atoms in total. The minimum absolute atomic E-state index is 0.673. The van der Waals surface area contributed by atoms with E-state index in [-0.39, 0.29) is 0 Å². The Morgan fingerprint density at radius 3 is 2.57 bits per heavy atom. The molecular weight excluding hydrogens is 493 g/mol. The zero-order valence-electron chi connectivity index (χ0n) is 14.4. The molecule has 0 radical (unpaired) electrons. The monoisotopic (exact) mass is 508 g/mol. The van der Waals surface area contributed by atoms with E-state index in [9.17, 15) is 33.8 Å². The standard InChI is InChI=1S/C11H15N2O13P3S/c1-2-11(17)8(15)6(24-9(11)13-4-3-7(14)12-10(13)16)5-23-27(30)25-29(21,22)26-28(18,19)20/h1,3-4,6,8-9,15,17,27H,5H2,(H,21,22)(H,12,14,16)(H2,18,19,20)/t6-,8-,9-,11-/m1/s1. The molecule has 0 aliphatic carbocycles. The maximum absolute atomic E-state index is 11.9. The van der Waals surface area contributed by atoms with Crippen molar-refractivity contribution < 1.29 is 51.9 Å². The van der Waals surface area contributed by atoms with Gasteiger partial charge in [0, 0.05) is 12.3 Å². The quantitative estimate of drug-likeness (QED) is 0.164. The molecule has 2 rings (SSSR count). The molecule has 1 aromatic rings. The van der Waals surface area contributed by atoms with Crippen LogP contribution in [-0.4, -0.2) is 58.9 Å². The first-order chi connectivity index (χ1) is 13.7. The van der Waals surface area contributed by atoms with Gasteiger partial charge in [-0.3, -0.25) is 14.3 Å². The van der Waals surface area contributed by atoms with Crippen molar-refractivity contribution in [3.05, 3.63) is 33.1 Å². The maximum Gasteiger partial charge on any atom is 0.486 e. The highest BCUT2D eigenvalue weighted by molar-refractivity contribution is 8.02. The van der Waals surface area contributed by atoms with E-state index in [1.807, 2.05) is 10.9 Å². The van der Waals surface area contributed by atoms with E-state index in [4.69, 9.17) is 25.5 Å². The number of hydrogen-bond acceptors (Lipinski definition) is 11. The molecule has 1 fully saturated rings. The summed E-state index contributed by atoms with van der Waals surface area (Å²) in [6, 6.07) is 0.940. The second-order valence-electron chi connectivity index (χ2n) is 5.65. The fourth-order valence-electron chi connectivity index (χ4n) is 2.37. The van der Waals surface area contributed by atoms with E-state index in [2.05, 4.69) is 20.4 Å². The van der Waals surface area contributed by atoms with Gasteiger partial charge in [0.1, 0.15) is 12.2 Å². The van der Waals surface area contributed by atoms with Crippen molar-refractivity contribution in [2.24, 2.45) is 0 Å². The predicted octanol–water partition coefficient (Wildman–Crippen LogP) is -2.09. The predicted molar refractivity (Wildman–Crippen MR) is 101 cm³/mol. The summed E-state index contributed by atoms with van der Waals surface area (Å²) >= 11 is 4.65. The summed E-state index contributed by atoms with van der Waals surface area (Å²) in [5.74, 6) is 1.90. The fraction of sp³-hybridized carbons (Fsp3) is 0.455. The van der Waals surface area contributed by atoms with Crippen molar-refractivity contribution >= 4 is 34.6 Å². The molecule has 6 N–H and O–H groups in total. The third kappa shape index (κ3) is 6.03. The van der Waals surface area contributed by atoms with Crippen LogP contribution in [0.4, 0.5) is 0 Å². The van der Waals surface area contributed by atoms with E-state index in [0.717, 1.165) is 16.8 Å². The SMILES string of the molecule is C#C[C@@]1(O)[C@H](O)[C@@H](CO[PH](=S)OP(=O)(O)OP(=O)(O)O)O[C@H]1n1ccc(=O)[nH]c1=O. The Labute approximate surface area is 172 Å². The lowest BCUT2D eigenvalue weighted by Gasteiger charge is -2.26. The third-order valence-corrected chi connectivity index (χ3v) is 8.21. The lowest BCUT2D eigenvalue weighted by atomic mass is 9.95. The topological polar surface area (TPSA) is 227 Å². The molecule has 1 aliphatic heterocycles. The van der Waals surface area contributed by atoms with Gasteiger partial charge in [0.15, 0.2) is 19.0 Å². The van der Waals surface area contributed by atoms with Crippen molar-refractivity contribution in [2.75, 3.05) is 6.61 Å². The fourth-order valence-corrected chi connectivity index (χ4v) is 6.20. The average Bonchev–Trinajstić information content (AvgIpc) is 2.83. The Morgan fingerprint density at radius 2 is 2.03 bits per heavy atom. The molecule has 1 aliphatic rings. The molecule has 6 atom stereocenters. The number of H-pyrrole nitrogens is 1. The van der Waals surface area contributed by atoms with Crippen LogP contribution >= 0.6 is 22.8 Å². The Morgan fingerprint density at radius 1 is 1.40 bits per heavy atom. The van der Waals surface area contributed by atoms with Gasteiger partial charge < -0.3 is 34.2 Å². The van der Waals surface area contributed by atoms with Crippen molar-refractivity contribution in [1.29, 1.82) is 0 Å². The molecular formula is C11H15N2O13P3S. The van der Waals surface area contributed by atoms with Crippen LogP contribution < -0.4 is 11.2 Å². The normalized spacial score (nSPS) is 29.8. The van der Waals surface area contributed by atoms with Gasteiger partial charge in [-0.1, -0.05) is 5.92 Å². The minimum Gasteiger partial charge on any atom is -0.386 e. The molecule has 0 aromatic carbocycles. The van der Waals surface area contributed by atoms with Gasteiger partial charge in [-0.05, 0) is 11.8 Å².